The predicted octanol–water partition coefficient (Wildman–Crippen LogP) is 3.02. The smallest absolute Gasteiger partial charge is 0.325 e. The van der Waals surface area contributed by atoms with Crippen LogP contribution in [-0.4, -0.2) is 24.2 Å². The molecule has 0 saturated carbocycles. The molecule has 0 spiro atoms. The first-order chi connectivity index (χ1) is 8.56. The number of halogens is 2. The topological polar surface area (TPSA) is 98.1 Å². The standard InChI is InChI=1S/C10H10Cl2N4O2/c11-6-1-2-8(12)7(5-6)9(10(17)18)14-3-4-15-16-13/h1-2,5,9,14H,3-4H2,(H,17,18). The summed E-state index contributed by atoms with van der Waals surface area (Å²) in [7, 11) is 0. The largest absolute Gasteiger partial charge is 0.480 e. The number of carboxylic acids is 1. The molecule has 18 heavy (non-hydrogen) atoms. The molecule has 6 nitrogen and oxygen atoms in total. The Hall–Kier alpha value is -1.46. The van der Waals surface area contributed by atoms with Crippen molar-refractivity contribution < 1.29 is 9.90 Å². The first-order valence-electron chi connectivity index (χ1n) is 4.98. The highest BCUT2D eigenvalue weighted by Crippen LogP contribution is 2.26. The van der Waals surface area contributed by atoms with Crippen molar-refractivity contribution in [2.45, 2.75) is 6.04 Å². The average Bonchev–Trinajstić information content (AvgIpc) is 2.32. The molecule has 0 amide bonds. The van der Waals surface area contributed by atoms with Gasteiger partial charge in [0.2, 0.25) is 0 Å². The van der Waals surface area contributed by atoms with E-state index in [0.717, 1.165) is 0 Å². The lowest BCUT2D eigenvalue weighted by Crippen LogP contribution is -2.30. The zero-order valence-electron chi connectivity index (χ0n) is 9.18. The Kier molecular flexibility index (Phi) is 5.74. The number of carboxylic acid groups (broad SMARTS) is 1. The highest BCUT2D eigenvalue weighted by molar-refractivity contribution is 6.33. The molecule has 0 aliphatic heterocycles. The first kappa shape index (κ1) is 14.6. The number of nitrogens with zero attached hydrogens (tertiary/aromatic N) is 3. The summed E-state index contributed by atoms with van der Waals surface area (Å²) in [5.41, 5.74) is 8.49. The van der Waals surface area contributed by atoms with Gasteiger partial charge in [-0.2, -0.15) is 0 Å². The van der Waals surface area contributed by atoms with Crippen molar-refractivity contribution in [3.63, 3.8) is 0 Å². The van der Waals surface area contributed by atoms with Gasteiger partial charge in [0.15, 0.2) is 0 Å². The van der Waals surface area contributed by atoms with Gasteiger partial charge in [0.1, 0.15) is 6.04 Å². The molecule has 0 fully saturated rings. The summed E-state index contributed by atoms with van der Waals surface area (Å²) in [6, 6.07) is 3.60. The Morgan fingerprint density at radius 3 is 2.89 bits per heavy atom. The third-order valence-corrected chi connectivity index (χ3v) is 2.72. The molecule has 1 atom stereocenters. The number of hydrogen-bond acceptors (Lipinski definition) is 3. The summed E-state index contributed by atoms with van der Waals surface area (Å²) in [6.45, 7) is 0.377. The van der Waals surface area contributed by atoms with Crippen LogP contribution in [0.4, 0.5) is 0 Å². The molecule has 1 aromatic rings. The molecule has 1 unspecified atom stereocenters. The predicted molar refractivity (Wildman–Crippen MR) is 68.9 cm³/mol. The van der Waals surface area contributed by atoms with Crippen molar-refractivity contribution in [1.82, 2.24) is 5.32 Å². The van der Waals surface area contributed by atoms with E-state index in [1.54, 1.807) is 6.07 Å². The van der Waals surface area contributed by atoms with Crippen molar-refractivity contribution in [3.8, 4) is 0 Å². The van der Waals surface area contributed by atoms with Gasteiger partial charge in [0.05, 0.1) is 0 Å². The Morgan fingerprint density at radius 2 is 2.28 bits per heavy atom. The zero-order chi connectivity index (χ0) is 13.5. The van der Waals surface area contributed by atoms with Gasteiger partial charge in [0, 0.05) is 33.6 Å². The molecule has 0 heterocycles. The number of nitrogens with one attached hydrogen (secondary N) is 1. The highest BCUT2D eigenvalue weighted by atomic mass is 35.5. The summed E-state index contributed by atoms with van der Waals surface area (Å²) in [4.78, 5) is 13.7. The van der Waals surface area contributed by atoms with Gasteiger partial charge >= 0.3 is 5.97 Å². The van der Waals surface area contributed by atoms with Crippen LogP contribution >= 0.6 is 23.2 Å². The third kappa shape index (κ3) is 4.09. The third-order valence-electron chi connectivity index (χ3n) is 2.14. The van der Waals surface area contributed by atoms with E-state index in [-0.39, 0.29) is 13.1 Å². The molecule has 1 rings (SSSR count). The van der Waals surface area contributed by atoms with Crippen LogP contribution in [0.3, 0.4) is 0 Å². The summed E-state index contributed by atoms with van der Waals surface area (Å²) >= 11 is 11.7. The molecular weight excluding hydrogens is 279 g/mol. The van der Waals surface area contributed by atoms with Gasteiger partial charge in [-0.05, 0) is 23.7 Å². The minimum atomic E-state index is -1.08. The molecule has 0 saturated heterocycles. The van der Waals surface area contributed by atoms with Crippen molar-refractivity contribution in [1.29, 1.82) is 0 Å². The second-order valence-electron chi connectivity index (χ2n) is 3.35. The van der Waals surface area contributed by atoms with Crippen LogP contribution in [0.1, 0.15) is 11.6 Å². The summed E-state index contributed by atoms with van der Waals surface area (Å²) < 4.78 is 0. The van der Waals surface area contributed by atoms with Crippen LogP contribution in [0.15, 0.2) is 23.3 Å². The van der Waals surface area contributed by atoms with Gasteiger partial charge in [-0.15, -0.1) is 0 Å². The van der Waals surface area contributed by atoms with E-state index in [0.29, 0.717) is 15.6 Å². The Balaban J connectivity index is 2.87. The lowest BCUT2D eigenvalue weighted by molar-refractivity contribution is -0.139. The second kappa shape index (κ2) is 7.08. The van der Waals surface area contributed by atoms with Gasteiger partial charge < -0.3 is 10.4 Å². The Labute approximate surface area is 113 Å². The fourth-order valence-corrected chi connectivity index (χ4v) is 1.78. The van der Waals surface area contributed by atoms with Crippen molar-refractivity contribution >= 4 is 29.2 Å². The zero-order valence-corrected chi connectivity index (χ0v) is 10.7. The summed E-state index contributed by atoms with van der Waals surface area (Å²) in [5, 5.41) is 15.9. The van der Waals surface area contributed by atoms with E-state index >= 15 is 0 Å². The summed E-state index contributed by atoms with van der Waals surface area (Å²) in [6.07, 6.45) is 0. The molecule has 1 aromatic carbocycles. The minimum absolute atomic E-state index is 0.151. The van der Waals surface area contributed by atoms with Crippen LogP contribution in [0.25, 0.3) is 10.4 Å². The quantitative estimate of drug-likeness (QED) is 0.364. The SMILES string of the molecule is [N-]=[N+]=NCCNC(C(=O)O)c1cc(Cl)ccc1Cl. The van der Waals surface area contributed by atoms with E-state index < -0.39 is 12.0 Å². The normalized spacial score (nSPS) is 11.7. The molecule has 96 valence electrons. The Morgan fingerprint density at radius 1 is 1.56 bits per heavy atom. The van der Waals surface area contributed by atoms with Gasteiger partial charge in [-0.1, -0.05) is 28.3 Å². The highest BCUT2D eigenvalue weighted by Gasteiger charge is 2.21. The average molecular weight is 289 g/mol. The fraction of sp³-hybridized carbons (Fsp3) is 0.300. The first-order valence-corrected chi connectivity index (χ1v) is 5.74. The van der Waals surface area contributed by atoms with Crippen molar-refractivity contribution in [2.75, 3.05) is 13.1 Å². The van der Waals surface area contributed by atoms with Crippen LogP contribution in [-0.2, 0) is 4.79 Å². The number of benzene rings is 1. The molecule has 0 aliphatic carbocycles. The summed E-state index contributed by atoms with van der Waals surface area (Å²) in [5.74, 6) is -1.08. The lowest BCUT2D eigenvalue weighted by atomic mass is 10.1. The van der Waals surface area contributed by atoms with Crippen LogP contribution in [0.5, 0.6) is 0 Å². The number of hydrogen-bond donors (Lipinski definition) is 2. The van der Waals surface area contributed by atoms with Crippen LogP contribution in [0, 0.1) is 0 Å². The number of aliphatic carboxylic acids is 1. The molecule has 0 aromatic heterocycles. The second-order valence-corrected chi connectivity index (χ2v) is 4.19. The molecule has 8 heteroatoms. The van der Waals surface area contributed by atoms with Gasteiger partial charge in [-0.25, -0.2) is 0 Å². The monoisotopic (exact) mass is 288 g/mol. The lowest BCUT2D eigenvalue weighted by Gasteiger charge is -2.15. The van der Waals surface area contributed by atoms with Gasteiger partial charge in [-0.3, -0.25) is 4.79 Å². The van der Waals surface area contributed by atoms with E-state index in [2.05, 4.69) is 15.3 Å². The van der Waals surface area contributed by atoms with Crippen LogP contribution in [0.2, 0.25) is 10.0 Å². The minimum Gasteiger partial charge on any atom is -0.480 e. The number of azide groups is 1. The van der Waals surface area contributed by atoms with Gasteiger partial charge in [0.25, 0.3) is 0 Å². The molecule has 0 bridgehead atoms. The van der Waals surface area contributed by atoms with E-state index in [4.69, 9.17) is 33.8 Å². The molecule has 2 N–H and O–H groups in total. The fourth-order valence-electron chi connectivity index (χ4n) is 1.37. The molecule has 0 aliphatic rings. The van der Waals surface area contributed by atoms with Crippen molar-refractivity contribution in [2.24, 2.45) is 5.11 Å². The Bertz CT molecular complexity index is 489. The maximum absolute atomic E-state index is 11.2. The van der Waals surface area contributed by atoms with E-state index in [1.807, 2.05) is 0 Å². The maximum Gasteiger partial charge on any atom is 0.325 e. The van der Waals surface area contributed by atoms with Crippen LogP contribution < -0.4 is 5.32 Å². The number of rotatable bonds is 6. The van der Waals surface area contributed by atoms with E-state index in [9.17, 15) is 4.79 Å². The maximum atomic E-state index is 11.2. The molecular formula is C10H10Cl2N4O2. The molecule has 0 radical (unpaired) electrons. The van der Waals surface area contributed by atoms with E-state index in [1.165, 1.54) is 12.1 Å². The van der Waals surface area contributed by atoms with Crippen molar-refractivity contribution in [3.05, 3.63) is 44.3 Å². The number of carbonyl (C=O) groups is 1.